The Kier molecular flexibility index (Phi) is 4.51. The van der Waals surface area contributed by atoms with Crippen molar-refractivity contribution in [3.63, 3.8) is 0 Å². The molecule has 0 aliphatic heterocycles. The van der Waals surface area contributed by atoms with Crippen molar-refractivity contribution in [2.45, 2.75) is 31.3 Å². The summed E-state index contributed by atoms with van der Waals surface area (Å²) in [5.74, 6) is -1.73. The SMILES string of the molecule is CC(C)(C)OC(=O)CSc1ccc(F)cc1F. The van der Waals surface area contributed by atoms with E-state index in [1.165, 1.54) is 6.07 Å². The smallest absolute Gasteiger partial charge is 0.316 e. The molecule has 0 unspecified atom stereocenters. The van der Waals surface area contributed by atoms with E-state index in [4.69, 9.17) is 4.74 Å². The first-order valence-electron chi connectivity index (χ1n) is 5.07. The number of halogens is 2. The van der Waals surface area contributed by atoms with Crippen molar-refractivity contribution in [3.8, 4) is 0 Å². The topological polar surface area (TPSA) is 26.3 Å². The van der Waals surface area contributed by atoms with Crippen molar-refractivity contribution in [1.29, 1.82) is 0 Å². The molecule has 94 valence electrons. The lowest BCUT2D eigenvalue weighted by molar-refractivity contribution is -0.151. The third-order valence-electron chi connectivity index (χ3n) is 1.66. The molecule has 0 amide bonds. The summed E-state index contributed by atoms with van der Waals surface area (Å²) in [6.07, 6.45) is 0. The molecule has 0 N–H and O–H groups in total. The van der Waals surface area contributed by atoms with Crippen molar-refractivity contribution in [2.24, 2.45) is 0 Å². The molecule has 17 heavy (non-hydrogen) atoms. The van der Waals surface area contributed by atoms with Gasteiger partial charge in [-0.3, -0.25) is 4.79 Å². The third kappa shape index (κ3) is 5.17. The summed E-state index contributed by atoms with van der Waals surface area (Å²) in [4.78, 5) is 11.6. The monoisotopic (exact) mass is 260 g/mol. The van der Waals surface area contributed by atoms with Gasteiger partial charge in [-0.15, -0.1) is 11.8 Å². The van der Waals surface area contributed by atoms with Gasteiger partial charge in [0.15, 0.2) is 0 Å². The summed E-state index contributed by atoms with van der Waals surface area (Å²) in [6.45, 7) is 5.27. The number of rotatable bonds is 3. The van der Waals surface area contributed by atoms with Crippen LogP contribution in [0.4, 0.5) is 8.78 Å². The van der Waals surface area contributed by atoms with E-state index in [0.717, 1.165) is 23.9 Å². The molecule has 1 rings (SSSR count). The number of esters is 1. The van der Waals surface area contributed by atoms with Gasteiger partial charge in [0, 0.05) is 11.0 Å². The Morgan fingerprint density at radius 1 is 1.35 bits per heavy atom. The van der Waals surface area contributed by atoms with Gasteiger partial charge in [0.25, 0.3) is 0 Å². The number of hydrogen-bond donors (Lipinski definition) is 0. The van der Waals surface area contributed by atoms with Crippen molar-refractivity contribution < 1.29 is 18.3 Å². The van der Waals surface area contributed by atoms with Crippen molar-refractivity contribution in [2.75, 3.05) is 5.75 Å². The molecular weight excluding hydrogens is 246 g/mol. The van der Waals surface area contributed by atoms with Gasteiger partial charge in [0.1, 0.15) is 17.2 Å². The first kappa shape index (κ1) is 14.0. The fourth-order valence-electron chi connectivity index (χ4n) is 1.10. The van der Waals surface area contributed by atoms with E-state index >= 15 is 0 Å². The fourth-order valence-corrected chi connectivity index (χ4v) is 1.79. The van der Waals surface area contributed by atoms with Crippen LogP contribution in [0.25, 0.3) is 0 Å². The second-order valence-corrected chi connectivity index (χ2v) is 5.47. The van der Waals surface area contributed by atoms with Crippen LogP contribution in [-0.4, -0.2) is 17.3 Å². The van der Waals surface area contributed by atoms with E-state index in [0.29, 0.717) is 0 Å². The zero-order chi connectivity index (χ0) is 13.1. The van der Waals surface area contributed by atoms with Crippen LogP contribution < -0.4 is 0 Å². The highest BCUT2D eigenvalue weighted by Gasteiger charge is 2.16. The minimum absolute atomic E-state index is 0.000176. The molecule has 0 atom stereocenters. The summed E-state index contributed by atoms with van der Waals surface area (Å²) in [7, 11) is 0. The van der Waals surface area contributed by atoms with Crippen LogP contribution >= 0.6 is 11.8 Å². The molecule has 1 aromatic carbocycles. The predicted octanol–water partition coefficient (Wildman–Crippen LogP) is 3.40. The maximum absolute atomic E-state index is 13.2. The van der Waals surface area contributed by atoms with Gasteiger partial charge in [0.2, 0.25) is 0 Å². The van der Waals surface area contributed by atoms with Gasteiger partial charge in [-0.25, -0.2) is 8.78 Å². The molecular formula is C12H14F2O2S. The van der Waals surface area contributed by atoms with Gasteiger partial charge >= 0.3 is 5.97 Å². The first-order valence-corrected chi connectivity index (χ1v) is 6.06. The Morgan fingerprint density at radius 3 is 2.53 bits per heavy atom. The molecule has 0 saturated heterocycles. The molecule has 0 heterocycles. The molecule has 0 aliphatic rings. The predicted molar refractivity (Wildman–Crippen MR) is 62.9 cm³/mol. The van der Waals surface area contributed by atoms with Crippen LogP contribution in [0.5, 0.6) is 0 Å². The Hall–Kier alpha value is -1.10. The van der Waals surface area contributed by atoms with E-state index in [1.54, 1.807) is 20.8 Å². The molecule has 5 heteroatoms. The van der Waals surface area contributed by atoms with Crippen LogP contribution in [0.3, 0.4) is 0 Å². The van der Waals surface area contributed by atoms with Crippen LogP contribution in [0.1, 0.15) is 20.8 Å². The van der Waals surface area contributed by atoms with E-state index in [9.17, 15) is 13.6 Å². The van der Waals surface area contributed by atoms with Crippen molar-refractivity contribution >= 4 is 17.7 Å². The maximum atomic E-state index is 13.2. The Bertz CT molecular complexity index is 413. The molecule has 0 bridgehead atoms. The van der Waals surface area contributed by atoms with Crippen molar-refractivity contribution in [1.82, 2.24) is 0 Å². The van der Waals surface area contributed by atoms with Crippen LogP contribution in [0.2, 0.25) is 0 Å². The highest BCUT2D eigenvalue weighted by Crippen LogP contribution is 2.23. The molecule has 0 fully saturated rings. The summed E-state index contributed by atoms with van der Waals surface area (Å²) < 4.78 is 30.9. The van der Waals surface area contributed by atoms with Gasteiger partial charge in [-0.05, 0) is 32.9 Å². The summed E-state index contributed by atoms with van der Waals surface area (Å²) in [6, 6.07) is 3.25. The van der Waals surface area contributed by atoms with E-state index in [-0.39, 0.29) is 10.6 Å². The quantitative estimate of drug-likeness (QED) is 0.615. The Morgan fingerprint density at radius 2 is 2.00 bits per heavy atom. The second kappa shape index (κ2) is 5.49. The normalized spacial score (nSPS) is 11.4. The zero-order valence-corrected chi connectivity index (χ0v) is 10.7. The fraction of sp³-hybridized carbons (Fsp3) is 0.417. The van der Waals surface area contributed by atoms with Crippen LogP contribution in [0.15, 0.2) is 23.1 Å². The summed E-state index contributed by atoms with van der Waals surface area (Å²) >= 11 is 0.988. The average molecular weight is 260 g/mol. The first-order chi connectivity index (χ1) is 7.78. The highest BCUT2D eigenvalue weighted by molar-refractivity contribution is 8.00. The molecule has 2 nitrogen and oxygen atoms in total. The van der Waals surface area contributed by atoms with Gasteiger partial charge in [0.05, 0.1) is 5.75 Å². The standard InChI is InChI=1S/C12H14F2O2S/c1-12(2,3)16-11(15)7-17-10-5-4-8(13)6-9(10)14/h4-6H,7H2,1-3H3. The van der Waals surface area contributed by atoms with Crippen LogP contribution in [-0.2, 0) is 9.53 Å². The zero-order valence-electron chi connectivity index (χ0n) is 9.92. The third-order valence-corrected chi connectivity index (χ3v) is 2.68. The van der Waals surface area contributed by atoms with Gasteiger partial charge in [-0.2, -0.15) is 0 Å². The number of ether oxygens (including phenoxy) is 1. The van der Waals surface area contributed by atoms with Crippen molar-refractivity contribution in [3.05, 3.63) is 29.8 Å². The molecule has 0 radical (unpaired) electrons. The van der Waals surface area contributed by atoms with Gasteiger partial charge in [-0.1, -0.05) is 0 Å². The number of hydrogen-bond acceptors (Lipinski definition) is 3. The average Bonchev–Trinajstić information content (AvgIpc) is 2.13. The Balaban J connectivity index is 2.53. The van der Waals surface area contributed by atoms with E-state index < -0.39 is 23.2 Å². The minimum Gasteiger partial charge on any atom is -0.459 e. The number of benzene rings is 1. The lowest BCUT2D eigenvalue weighted by atomic mass is 10.2. The maximum Gasteiger partial charge on any atom is 0.316 e. The molecule has 0 aromatic heterocycles. The molecule has 0 saturated carbocycles. The largest absolute Gasteiger partial charge is 0.459 e. The molecule has 1 aromatic rings. The van der Waals surface area contributed by atoms with Gasteiger partial charge < -0.3 is 4.74 Å². The highest BCUT2D eigenvalue weighted by atomic mass is 32.2. The summed E-state index contributed by atoms with van der Waals surface area (Å²) in [5, 5.41) is 0. The lowest BCUT2D eigenvalue weighted by Crippen LogP contribution is -2.24. The molecule has 0 spiro atoms. The summed E-state index contributed by atoms with van der Waals surface area (Å²) in [5.41, 5.74) is -0.557. The number of carbonyl (C=O) groups is 1. The number of carbonyl (C=O) groups excluding carboxylic acids is 1. The molecule has 0 aliphatic carbocycles. The van der Waals surface area contributed by atoms with E-state index in [1.807, 2.05) is 0 Å². The van der Waals surface area contributed by atoms with E-state index in [2.05, 4.69) is 0 Å². The Labute approximate surface area is 103 Å². The number of thioether (sulfide) groups is 1. The minimum atomic E-state index is -0.668. The lowest BCUT2D eigenvalue weighted by Gasteiger charge is -2.19. The second-order valence-electron chi connectivity index (χ2n) is 4.45. The van der Waals surface area contributed by atoms with Crippen LogP contribution in [0, 0.1) is 11.6 Å².